The summed E-state index contributed by atoms with van der Waals surface area (Å²) in [7, 11) is 3.58. The molecule has 5 rings (SSSR count). The molecule has 0 saturated carbocycles. The van der Waals surface area contributed by atoms with Gasteiger partial charge in [-0.25, -0.2) is 18.3 Å². The van der Waals surface area contributed by atoms with Gasteiger partial charge in [-0.1, -0.05) is 38.9 Å². The number of halogens is 2. The van der Waals surface area contributed by atoms with Crippen molar-refractivity contribution >= 4 is 29.1 Å². The molecule has 18 heteroatoms. The number of alkyl halides is 1. The highest BCUT2D eigenvalue weighted by Crippen LogP contribution is 2.40. The van der Waals surface area contributed by atoms with E-state index >= 15 is 8.78 Å². The highest BCUT2D eigenvalue weighted by atomic mass is 19.1. The number of nitrogen functional groups attached to an aromatic ring is 1. The Labute approximate surface area is 349 Å². The van der Waals surface area contributed by atoms with Gasteiger partial charge < -0.3 is 49.4 Å². The molecule has 0 unspecified atom stereocenters. The number of hydrogen-bond acceptors (Lipinski definition) is 15. The predicted octanol–water partition coefficient (Wildman–Crippen LogP) is 3.70. The number of anilines is 1. The number of ether oxygens (including phenoxy) is 5. The molecule has 0 aliphatic carbocycles. The molecule has 0 amide bonds. The van der Waals surface area contributed by atoms with Crippen LogP contribution in [0.3, 0.4) is 0 Å². The van der Waals surface area contributed by atoms with Gasteiger partial charge in [-0.3, -0.25) is 9.59 Å². The zero-order valence-corrected chi connectivity index (χ0v) is 36.1. The Hall–Kier alpha value is -3.91. The number of hydrogen-bond donors (Lipinski definition) is 3. The Morgan fingerprint density at radius 2 is 1.78 bits per heavy atom. The van der Waals surface area contributed by atoms with Gasteiger partial charge in [0.2, 0.25) is 0 Å². The van der Waals surface area contributed by atoms with Crippen molar-refractivity contribution in [3.05, 3.63) is 41.8 Å². The summed E-state index contributed by atoms with van der Waals surface area (Å²) in [5.41, 5.74) is -0.647. The normalized spacial score (nSPS) is 38.2. The summed E-state index contributed by atoms with van der Waals surface area (Å²) >= 11 is 0. The largest absolute Gasteiger partial charge is 0.457 e. The van der Waals surface area contributed by atoms with Gasteiger partial charge in [0.05, 0.1) is 42.8 Å². The number of likely N-dealkylation sites (N-methyl/N-ethyl adjacent to an activating group) is 1. The lowest BCUT2D eigenvalue weighted by Crippen LogP contribution is -2.61. The topological polar surface area (TPSA) is 206 Å². The van der Waals surface area contributed by atoms with Gasteiger partial charge in [0.15, 0.2) is 12.1 Å². The van der Waals surface area contributed by atoms with Crippen LogP contribution in [0.25, 0.3) is 5.69 Å². The second-order valence-corrected chi connectivity index (χ2v) is 17.3. The number of nitrogens with two attached hydrogens (primary N) is 1. The molecule has 3 aliphatic heterocycles. The maximum Gasteiger partial charge on any atom is 0.351 e. The monoisotopic (exact) mass is 849 g/mol. The Kier molecular flexibility index (Phi) is 14.6. The highest BCUT2D eigenvalue weighted by molar-refractivity contribution is 6.08. The number of aliphatic hydroxyl groups is 2. The minimum Gasteiger partial charge on any atom is -0.457 e. The van der Waals surface area contributed by atoms with Gasteiger partial charge in [0, 0.05) is 41.6 Å². The molecule has 334 valence electrons. The SMILES string of the molecule is CC[C@H]1OC(=O)[C@@](C)(F)C(=O)[C@H](C)[C@@H](O[C@@H]2O[C@H](C)C[C@H](N(C)C)[C@H]2O)[C@@]2(C)C[C@@H](C)C(=O)[C@H](C)[C@H](OC/C(=N\OCc3ccc(-n4ccc(N)n4)cc3F)CO2)[C@]1(C)O. The molecule has 2 bridgehead atoms. The molecule has 3 aliphatic rings. The third-order valence-corrected chi connectivity index (χ3v) is 12.1. The summed E-state index contributed by atoms with van der Waals surface area (Å²) in [5.74, 6) is -6.84. The van der Waals surface area contributed by atoms with Crippen molar-refractivity contribution in [3.63, 3.8) is 0 Å². The van der Waals surface area contributed by atoms with E-state index in [1.54, 1.807) is 67.0 Å². The van der Waals surface area contributed by atoms with Crippen LogP contribution in [-0.4, -0.2) is 135 Å². The first kappa shape index (κ1) is 47.1. The van der Waals surface area contributed by atoms with E-state index in [0.29, 0.717) is 12.1 Å². The number of cyclic esters (lactones) is 1. The summed E-state index contributed by atoms with van der Waals surface area (Å²) in [6.45, 7) is 10.6. The van der Waals surface area contributed by atoms with E-state index in [1.165, 1.54) is 30.7 Å². The van der Waals surface area contributed by atoms with Crippen LogP contribution in [0.4, 0.5) is 14.6 Å². The molecule has 2 aromatic rings. The molecule has 4 N–H and O–H groups in total. The quantitative estimate of drug-likeness (QED) is 0.197. The molecule has 0 radical (unpaired) electrons. The maximum atomic E-state index is 16.8. The van der Waals surface area contributed by atoms with E-state index in [4.69, 9.17) is 34.3 Å². The Balaban J connectivity index is 1.60. The lowest BCUT2D eigenvalue weighted by Gasteiger charge is -2.47. The number of fused-ring (bicyclic) bond motifs is 5. The van der Waals surface area contributed by atoms with Crippen molar-refractivity contribution in [3.8, 4) is 5.69 Å². The fraction of sp³-hybridized carbons (Fsp3) is 0.690. The molecule has 0 spiro atoms. The molecule has 1 aromatic carbocycles. The van der Waals surface area contributed by atoms with Gasteiger partial charge >= 0.3 is 5.97 Å². The molecule has 3 fully saturated rings. The van der Waals surface area contributed by atoms with Gasteiger partial charge in [-0.15, -0.1) is 0 Å². The highest BCUT2D eigenvalue weighted by Gasteiger charge is 2.57. The van der Waals surface area contributed by atoms with E-state index in [9.17, 15) is 24.6 Å². The van der Waals surface area contributed by atoms with E-state index in [0.717, 1.165) is 6.92 Å². The van der Waals surface area contributed by atoms with Gasteiger partial charge in [-0.05, 0) is 73.2 Å². The zero-order valence-electron chi connectivity index (χ0n) is 36.1. The van der Waals surface area contributed by atoms with E-state index in [1.807, 2.05) is 4.90 Å². The minimum atomic E-state index is -3.25. The van der Waals surface area contributed by atoms with Crippen LogP contribution >= 0.6 is 0 Å². The number of aliphatic hydroxyl groups excluding tert-OH is 1. The van der Waals surface area contributed by atoms with Crippen molar-refractivity contribution in [1.29, 1.82) is 0 Å². The standard InChI is InChI=1S/C42H61F2N5O11/c1-11-31-42(8,54)37-24(4)33(50)22(2)18-40(6,56-21-27(20-55-37)47-57-19-26-12-13-28(17-29(26)43)49-15-14-32(45)46-49)36(25(5)35(52)41(7,44)39(53)59-31)60-38-34(51)30(48(9)10)16-23(3)58-38/h12-15,17,22-25,30-31,34,36-38,51,54H,11,16,18-21H2,1-10H3,(H2,45,46)/b47-27+/t22-,23-,24+,25+,30+,31-,34-,36-,37+,38+,40-,41+,42-/m1/s1. The van der Waals surface area contributed by atoms with Crippen molar-refractivity contribution in [2.45, 2.75) is 141 Å². The summed E-state index contributed by atoms with van der Waals surface area (Å²) in [5, 5.41) is 32.0. The molecule has 1 aromatic heterocycles. The number of ketones is 2. The minimum absolute atomic E-state index is 0.0495. The number of aromatic nitrogens is 2. The van der Waals surface area contributed by atoms with Gasteiger partial charge in [0.1, 0.15) is 47.5 Å². The molecule has 16 nitrogen and oxygen atoms in total. The number of esters is 1. The van der Waals surface area contributed by atoms with Crippen molar-refractivity contribution in [2.75, 3.05) is 33.0 Å². The molecular weight excluding hydrogens is 788 g/mol. The number of rotatable bonds is 8. The average molecular weight is 850 g/mol. The molecule has 13 atom stereocenters. The summed E-state index contributed by atoms with van der Waals surface area (Å²) in [4.78, 5) is 49.9. The second-order valence-electron chi connectivity index (χ2n) is 17.3. The number of nitrogens with zero attached hydrogens (tertiary/aromatic N) is 4. The van der Waals surface area contributed by atoms with E-state index in [2.05, 4.69) is 10.3 Å². The van der Waals surface area contributed by atoms with Crippen LogP contribution in [0.5, 0.6) is 0 Å². The van der Waals surface area contributed by atoms with Crippen molar-refractivity contribution in [1.82, 2.24) is 14.7 Å². The maximum absolute atomic E-state index is 16.8. The van der Waals surface area contributed by atoms with Crippen LogP contribution in [0.1, 0.15) is 80.2 Å². The van der Waals surface area contributed by atoms with Crippen LogP contribution < -0.4 is 5.73 Å². The first-order valence-electron chi connectivity index (χ1n) is 20.4. The number of carbonyl (C=O) groups excluding carboxylic acids is 3. The Morgan fingerprint density at radius 1 is 1.08 bits per heavy atom. The molecule has 3 saturated heterocycles. The third kappa shape index (κ3) is 9.90. The smallest absolute Gasteiger partial charge is 0.351 e. The lowest BCUT2D eigenvalue weighted by atomic mass is 9.74. The summed E-state index contributed by atoms with van der Waals surface area (Å²) < 4.78 is 64.7. The van der Waals surface area contributed by atoms with Crippen LogP contribution in [0.15, 0.2) is 35.6 Å². The fourth-order valence-corrected chi connectivity index (χ4v) is 8.68. The van der Waals surface area contributed by atoms with E-state index < -0.39 is 102 Å². The van der Waals surface area contributed by atoms with E-state index in [-0.39, 0.29) is 48.9 Å². The number of benzene rings is 1. The first-order valence-corrected chi connectivity index (χ1v) is 20.4. The molecular formula is C42H61F2N5O11. The first-order chi connectivity index (χ1) is 28.0. The van der Waals surface area contributed by atoms with Crippen LogP contribution in [-0.2, 0) is 49.5 Å². The predicted molar refractivity (Wildman–Crippen MR) is 214 cm³/mol. The fourth-order valence-electron chi connectivity index (χ4n) is 8.68. The third-order valence-electron chi connectivity index (χ3n) is 12.1. The number of carbonyl (C=O) groups is 3. The van der Waals surface area contributed by atoms with Crippen LogP contribution in [0, 0.1) is 23.6 Å². The molecule has 60 heavy (non-hydrogen) atoms. The molecule has 4 heterocycles. The van der Waals surface area contributed by atoms with Crippen molar-refractivity contribution < 1.29 is 61.9 Å². The Bertz CT molecular complexity index is 1890. The summed E-state index contributed by atoms with van der Waals surface area (Å²) in [6.07, 6.45) is -5.40. The average Bonchev–Trinajstić information content (AvgIpc) is 3.62. The van der Waals surface area contributed by atoms with Crippen LogP contribution in [0.2, 0.25) is 0 Å². The number of Topliss-reactive ketones (excluding diaryl/α,β-unsaturated/α-hetero) is 2. The van der Waals surface area contributed by atoms with Gasteiger partial charge in [-0.2, -0.15) is 5.10 Å². The second kappa shape index (κ2) is 18.6. The Morgan fingerprint density at radius 3 is 2.40 bits per heavy atom. The van der Waals surface area contributed by atoms with Gasteiger partial charge in [0.25, 0.3) is 5.67 Å². The zero-order chi connectivity index (χ0) is 44.5. The lowest BCUT2D eigenvalue weighted by molar-refractivity contribution is -0.296. The van der Waals surface area contributed by atoms with Crippen molar-refractivity contribution in [2.24, 2.45) is 22.9 Å². The summed E-state index contributed by atoms with van der Waals surface area (Å²) in [6, 6.07) is 5.53. The number of oxime groups is 1.